The van der Waals surface area contributed by atoms with Gasteiger partial charge in [0.05, 0.1) is 11.9 Å². The highest BCUT2D eigenvalue weighted by atomic mass is 15.3. The van der Waals surface area contributed by atoms with Crippen molar-refractivity contribution in [2.45, 2.75) is 13.1 Å². The van der Waals surface area contributed by atoms with Crippen LogP contribution in [0.3, 0.4) is 0 Å². The summed E-state index contributed by atoms with van der Waals surface area (Å²) in [4.78, 5) is 5.93. The van der Waals surface area contributed by atoms with Crippen LogP contribution < -0.4 is 16.4 Å². The van der Waals surface area contributed by atoms with Gasteiger partial charge in [0.1, 0.15) is 0 Å². The molecule has 19 heavy (non-hydrogen) atoms. The second kappa shape index (κ2) is 7.31. The van der Waals surface area contributed by atoms with Crippen LogP contribution in [0, 0.1) is 0 Å². The molecule has 0 heterocycles. The second-order valence-electron chi connectivity index (χ2n) is 4.25. The zero-order chi connectivity index (χ0) is 14.3. The predicted octanol–water partition coefficient (Wildman–Crippen LogP) is 1.02. The van der Waals surface area contributed by atoms with E-state index in [1.54, 1.807) is 7.05 Å². The van der Waals surface area contributed by atoms with Gasteiger partial charge in [-0.1, -0.05) is 30.3 Å². The Bertz CT molecular complexity index is 438. The molecule has 1 aromatic carbocycles. The lowest BCUT2D eigenvalue weighted by Crippen LogP contribution is -2.45. The average molecular weight is 261 g/mol. The summed E-state index contributed by atoms with van der Waals surface area (Å²) >= 11 is 0. The van der Waals surface area contributed by atoms with E-state index in [1.165, 1.54) is 0 Å². The molecule has 1 unspecified atom stereocenters. The van der Waals surface area contributed by atoms with Crippen molar-refractivity contribution in [1.29, 1.82) is 0 Å². The summed E-state index contributed by atoms with van der Waals surface area (Å²) in [5, 5.41) is 6.29. The van der Waals surface area contributed by atoms with Gasteiger partial charge in [-0.05, 0) is 12.5 Å². The number of hydrogen-bond acceptors (Lipinski definition) is 3. The van der Waals surface area contributed by atoms with Crippen LogP contribution in [0.2, 0.25) is 0 Å². The molecule has 1 atom stereocenters. The van der Waals surface area contributed by atoms with Crippen LogP contribution in [0.5, 0.6) is 0 Å². The lowest BCUT2D eigenvalue weighted by molar-refractivity contribution is 0.331. The Hall–Kier alpha value is -2.17. The molecule has 0 fully saturated rings. The highest BCUT2D eigenvalue weighted by Gasteiger charge is 2.07. The Morgan fingerprint density at radius 1 is 1.37 bits per heavy atom. The Morgan fingerprint density at radius 2 is 2.00 bits per heavy atom. The van der Waals surface area contributed by atoms with Crippen molar-refractivity contribution in [3.8, 4) is 0 Å². The minimum absolute atomic E-state index is 0.0516. The number of rotatable bonds is 5. The first-order chi connectivity index (χ1) is 9.08. The summed E-state index contributed by atoms with van der Waals surface area (Å²) in [5.74, 6) is 0.429. The molecule has 1 rings (SSSR count). The minimum Gasteiger partial charge on any atom is -0.386 e. The zero-order valence-electron chi connectivity index (χ0n) is 12.0. The van der Waals surface area contributed by atoms with Crippen molar-refractivity contribution < 1.29 is 0 Å². The van der Waals surface area contributed by atoms with E-state index in [0.29, 0.717) is 5.96 Å². The predicted molar refractivity (Wildman–Crippen MR) is 81.4 cm³/mol. The maximum atomic E-state index is 5.66. The average Bonchev–Trinajstić information content (AvgIpc) is 2.45. The third kappa shape index (κ3) is 4.54. The molecule has 104 valence electrons. The highest BCUT2D eigenvalue weighted by Crippen LogP contribution is 2.11. The quantitative estimate of drug-likeness (QED) is 0.420. The first-order valence-electron chi connectivity index (χ1n) is 6.24. The lowest BCUT2D eigenvalue weighted by Gasteiger charge is -2.25. The topological polar surface area (TPSA) is 65.7 Å². The Labute approximate surface area is 115 Å². The summed E-state index contributed by atoms with van der Waals surface area (Å²) in [7, 11) is 5.56. The van der Waals surface area contributed by atoms with Crippen molar-refractivity contribution in [2.24, 2.45) is 10.7 Å². The molecule has 1 aromatic rings. The fourth-order valence-corrected chi connectivity index (χ4v) is 1.60. The Kier molecular flexibility index (Phi) is 5.73. The van der Waals surface area contributed by atoms with E-state index in [-0.39, 0.29) is 6.17 Å². The maximum Gasteiger partial charge on any atom is 0.189 e. The van der Waals surface area contributed by atoms with Gasteiger partial charge in [-0.2, -0.15) is 0 Å². The van der Waals surface area contributed by atoms with Crippen LogP contribution in [0.15, 0.2) is 41.5 Å². The summed E-state index contributed by atoms with van der Waals surface area (Å²) in [6, 6.07) is 10.2. The Balaban J connectivity index is 2.80. The molecule has 0 bridgehead atoms. The smallest absolute Gasteiger partial charge is 0.189 e. The first kappa shape index (κ1) is 14.9. The summed E-state index contributed by atoms with van der Waals surface area (Å²) in [6.07, 6.45) is 2.09. The van der Waals surface area contributed by atoms with E-state index in [0.717, 1.165) is 11.3 Å². The van der Waals surface area contributed by atoms with Crippen LogP contribution in [-0.4, -0.2) is 38.2 Å². The largest absolute Gasteiger partial charge is 0.386 e. The first-order valence-corrected chi connectivity index (χ1v) is 6.24. The molecule has 0 radical (unpaired) electrons. The number of aliphatic imine (C=N–C) groups is 1. The maximum absolute atomic E-state index is 5.66. The molecule has 0 aromatic heterocycles. The van der Waals surface area contributed by atoms with E-state index in [2.05, 4.69) is 27.8 Å². The van der Waals surface area contributed by atoms with Gasteiger partial charge in [0.2, 0.25) is 0 Å². The summed E-state index contributed by atoms with van der Waals surface area (Å²) < 4.78 is 0. The van der Waals surface area contributed by atoms with E-state index >= 15 is 0 Å². The molecular weight excluding hydrogens is 238 g/mol. The number of hydrogen-bond donors (Lipinski definition) is 3. The van der Waals surface area contributed by atoms with Crippen LogP contribution >= 0.6 is 0 Å². The number of benzene rings is 1. The molecule has 4 N–H and O–H groups in total. The van der Waals surface area contributed by atoms with Gasteiger partial charge in [-0.15, -0.1) is 0 Å². The molecule has 0 saturated heterocycles. The van der Waals surface area contributed by atoms with Gasteiger partial charge in [0.25, 0.3) is 0 Å². The number of guanidine groups is 1. The van der Waals surface area contributed by atoms with Gasteiger partial charge in [-0.25, -0.2) is 0 Å². The number of nitrogens with one attached hydrogen (secondary N) is 2. The molecule has 0 spiro atoms. The van der Waals surface area contributed by atoms with Crippen LogP contribution in [0.4, 0.5) is 0 Å². The van der Waals surface area contributed by atoms with Crippen LogP contribution in [0.1, 0.15) is 12.5 Å². The van der Waals surface area contributed by atoms with Gasteiger partial charge in [0, 0.05) is 27.3 Å². The fraction of sp³-hybridized carbons (Fsp3) is 0.357. The standard InChI is InChI=1S/C14H23N5/c1-11(18-14(15)17-3)19(4)10-13(16-2)12-8-6-5-7-9-12/h5-11,16H,1-4H3,(H3,15,17,18)/b13-10-. The van der Waals surface area contributed by atoms with E-state index < -0.39 is 0 Å². The summed E-state index contributed by atoms with van der Waals surface area (Å²) in [6.45, 7) is 2.02. The Morgan fingerprint density at radius 3 is 2.53 bits per heavy atom. The van der Waals surface area contributed by atoms with E-state index in [9.17, 15) is 0 Å². The van der Waals surface area contributed by atoms with E-state index in [4.69, 9.17) is 5.73 Å². The second-order valence-corrected chi connectivity index (χ2v) is 4.25. The lowest BCUT2D eigenvalue weighted by atomic mass is 10.1. The van der Waals surface area contributed by atoms with Gasteiger partial charge in [-0.3, -0.25) is 4.99 Å². The van der Waals surface area contributed by atoms with Crippen LogP contribution in [0.25, 0.3) is 5.70 Å². The molecule has 5 heteroatoms. The fourth-order valence-electron chi connectivity index (χ4n) is 1.60. The normalized spacial score (nSPS) is 13.9. The monoisotopic (exact) mass is 261 g/mol. The SMILES string of the molecule is CN=C(N)NC(C)N(C)/C=C(\NC)c1ccccc1. The van der Waals surface area contributed by atoms with Crippen LogP contribution in [-0.2, 0) is 0 Å². The molecular formula is C14H23N5. The minimum atomic E-state index is 0.0516. The summed E-state index contributed by atoms with van der Waals surface area (Å²) in [5.41, 5.74) is 7.85. The highest BCUT2D eigenvalue weighted by molar-refractivity contribution is 5.77. The zero-order valence-corrected chi connectivity index (χ0v) is 12.0. The van der Waals surface area contributed by atoms with Gasteiger partial charge < -0.3 is 21.3 Å². The van der Waals surface area contributed by atoms with Crippen molar-refractivity contribution in [3.05, 3.63) is 42.1 Å². The third-order valence-corrected chi connectivity index (χ3v) is 2.90. The molecule has 0 amide bonds. The van der Waals surface area contributed by atoms with Crippen molar-refractivity contribution in [2.75, 3.05) is 21.1 Å². The van der Waals surface area contributed by atoms with E-state index in [1.807, 2.05) is 50.3 Å². The van der Waals surface area contributed by atoms with Crippen molar-refractivity contribution >= 4 is 11.7 Å². The molecule has 0 aliphatic rings. The van der Waals surface area contributed by atoms with Crippen molar-refractivity contribution in [1.82, 2.24) is 15.5 Å². The number of nitrogens with two attached hydrogens (primary N) is 1. The van der Waals surface area contributed by atoms with Gasteiger partial charge in [0.15, 0.2) is 5.96 Å². The van der Waals surface area contributed by atoms with Crippen molar-refractivity contribution in [3.63, 3.8) is 0 Å². The molecule has 0 aliphatic heterocycles. The third-order valence-electron chi connectivity index (χ3n) is 2.90. The molecule has 0 aliphatic carbocycles. The number of nitrogens with zero attached hydrogens (tertiary/aromatic N) is 2. The van der Waals surface area contributed by atoms with Gasteiger partial charge >= 0.3 is 0 Å². The molecule has 5 nitrogen and oxygen atoms in total. The molecule has 0 saturated carbocycles.